The van der Waals surface area contributed by atoms with Crippen molar-refractivity contribution in [1.82, 2.24) is 5.01 Å². The van der Waals surface area contributed by atoms with Crippen molar-refractivity contribution in [2.45, 2.75) is 18.8 Å². The summed E-state index contributed by atoms with van der Waals surface area (Å²) >= 11 is 0. The molecule has 2 aliphatic rings. The maximum atomic E-state index is 14.4. The standard InChI is InChI=1S/C20H21BFN3O2/c1-13(26)25-20(21-19(24-25)15-6-2-4-8-17(15)22)14(10-11-23)12-27-18-9-5-3-7-16(18)20/h2-9,14,21H,10-12,23H2,1H3/t14-,20?/m1/s1. The second kappa shape index (κ2) is 6.81. The van der Waals surface area contributed by atoms with Crippen molar-refractivity contribution < 1.29 is 13.9 Å². The van der Waals surface area contributed by atoms with Crippen LogP contribution in [0.2, 0.25) is 0 Å². The number of carbonyl (C=O) groups is 1. The molecule has 1 spiro atoms. The predicted molar refractivity (Wildman–Crippen MR) is 103 cm³/mol. The number of hydrogen-bond acceptors (Lipinski definition) is 4. The van der Waals surface area contributed by atoms with Crippen LogP contribution in [-0.2, 0) is 10.2 Å². The summed E-state index contributed by atoms with van der Waals surface area (Å²) in [4.78, 5) is 12.6. The fraction of sp³-hybridized carbons (Fsp3) is 0.300. The van der Waals surface area contributed by atoms with Gasteiger partial charge in [0.05, 0.1) is 12.0 Å². The highest BCUT2D eigenvalue weighted by Crippen LogP contribution is 2.48. The third-order valence-electron chi connectivity index (χ3n) is 5.50. The van der Waals surface area contributed by atoms with Crippen LogP contribution in [0.4, 0.5) is 4.39 Å². The summed E-state index contributed by atoms with van der Waals surface area (Å²) in [6.07, 6.45) is 0.679. The Kier molecular flexibility index (Phi) is 4.47. The van der Waals surface area contributed by atoms with Gasteiger partial charge in [-0.2, -0.15) is 5.10 Å². The summed E-state index contributed by atoms with van der Waals surface area (Å²) in [6.45, 7) is 2.41. The SMILES string of the molecule is CC(=O)N1N=C(c2ccccc2F)BC12c1ccccc1OC[C@H]2CCN. The van der Waals surface area contributed by atoms with Gasteiger partial charge >= 0.3 is 0 Å². The van der Waals surface area contributed by atoms with E-state index in [2.05, 4.69) is 5.10 Å². The van der Waals surface area contributed by atoms with Crippen molar-refractivity contribution in [3.63, 3.8) is 0 Å². The lowest BCUT2D eigenvalue weighted by Crippen LogP contribution is -2.56. The summed E-state index contributed by atoms with van der Waals surface area (Å²) < 4.78 is 20.4. The molecular weight excluding hydrogens is 344 g/mol. The summed E-state index contributed by atoms with van der Waals surface area (Å²) in [5.74, 6) is 0.184. The first-order valence-corrected chi connectivity index (χ1v) is 9.13. The lowest BCUT2D eigenvalue weighted by Gasteiger charge is -2.46. The number of para-hydroxylation sites is 1. The molecule has 2 heterocycles. The Hall–Kier alpha value is -2.67. The molecule has 0 aromatic heterocycles. The molecule has 5 nitrogen and oxygen atoms in total. The van der Waals surface area contributed by atoms with E-state index < -0.39 is 5.44 Å². The molecule has 0 radical (unpaired) electrons. The van der Waals surface area contributed by atoms with Crippen molar-refractivity contribution in [3.8, 4) is 5.75 Å². The largest absolute Gasteiger partial charge is 0.493 e. The highest BCUT2D eigenvalue weighted by molar-refractivity contribution is 6.82. The van der Waals surface area contributed by atoms with E-state index in [1.165, 1.54) is 18.0 Å². The fourth-order valence-corrected chi connectivity index (χ4v) is 4.32. The minimum absolute atomic E-state index is 0.0330. The lowest BCUT2D eigenvalue weighted by molar-refractivity contribution is -0.135. The van der Waals surface area contributed by atoms with Crippen LogP contribution in [0.3, 0.4) is 0 Å². The monoisotopic (exact) mass is 365 g/mol. The van der Waals surface area contributed by atoms with Crippen LogP contribution in [0, 0.1) is 11.7 Å². The normalized spacial score (nSPS) is 23.4. The van der Waals surface area contributed by atoms with E-state index in [1.807, 2.05) is 24.3 Å². The average molecular weight is 365 g/mol. The third-order valence-corrected chi connectivity index (χ3v) is 5.50. The zero-order chi connectivity index (χ0) is 19.0. The quantitative estimate of drug-likeness (QED) is 0.846. The van der Waals surface area contributed by atoms with Crippen molar-refractivity contribution >= 4 is 18.8 Å². The zero-order valence-corrected chi connectivity index (χ0v) is 15.2. The Balaban J connectivity index is 1.89. The Morgan fingerprint density at radius 2 is 2.07 bits per heavy atom. The number of ether oxygens (including phenoxy) is 1. The van der Waals surface area contributed by atoms with Crippen molar-refractivity contribution in [3.05, 3.63) is 65.5 Å². The smallest absolute Gasteiger partial charge is 0.239 e. The van der Waals surface area contributed by atoms with E-state index in [-0.39, 0.29) is 17.6 Å². The van der Waals surface area contributed by atoms with E-state index in [0.717, 1.165) is 11.3 Å². The number of nitrogens with two attached hydrogens (primary N) is 1. The van der Waals surface area contributed by atoms with Gasteiger partial charge in [0.15, 0.2) is 0 Å². The lowest BCUT2D eigenvalue weighted by atomic mass is 9.46. The molecule has 0 bridgehead atoms. The van der Waals surface area contributed by atoms with Crippen LogP contribution in [0.5, 0.6) is 5.75 Å². The summed E-state index contributed by atoms with van der Waals surface area (Å²) in [6, 6.07) is 14.2. The second-order valence-corrected chi connectivity index (χ2v) is 7.04. The Morgan fingerprint density at radius 1 is 1.33 bits per heavy atom. The van der Waals surface area contributed by atoms with Gasteiger partial charge < -0.3 is 10.5 Å². The molecule has 27 heavy (non-hydrogen) atoms. The Bertz CT molecular complexity index is 920. The molecule has 1 amide bonds. The summed E-state index contributed by atoms with van der Waals surface area (Å²) in [7, 11) is 0.429. The topological polar surface area (TPSA) is 67.9 Å². The van der Waals surface area contributed by atoms with Gasteiger partial charge in [-0.1, -0.05) is 36.4 Å². The van der Waals surface area contributed by atoms with E-state index in [9.17, 15) is 9.18 Å². The molecular formula is C20H21BFN3O2. The average Bonchev–Trinajstić information content (AvgIpc) is 3.06. The van der Waals surface area contributed by atoms with Gasteiger partial charge in [-0.05, 0) is 25.1 Å². The zero-order valence-electron chi connectivity index (χ0n) is 15.2. The van der Waals surface area contributed by atoms with Crippen LogP contribution in [0.15, 0.2) is 53.6 Å². The first kappa shape index (κ1) is 17.7. The molecule has 7 heteroatoms. The van der Waals surface area contributed by atoms with Crippen molar-refractivity contribution in [2.24, 2.45) is 16.8 Å². The van der Waals surface area contributed by atoms with Crippen LogP contribution in [-0.4, -0.2) is 37.0 Å². The van der Waals surface area contributed by atoms with Gasteiger partial charge in [-0.15, -0.1) is 0 Å². The molecule has 4 rings (SSSR count). The number of halogens is 1. The molecule has 0 aliphatic carbocycles. The van der Waals surface area contributed by atoms with Crippen LogP contribution in [0.1, 0.15) is 24.5 Å². The highest BCUT2D eigenvalue weighted by Gasteiger charge is 2.55. The third kappa shape index (κ3) is 2.73. The predicted octanol–water partition coefficient (Wildman–Crippen LogP) is 2.00. The molecule has 2 N–H and O–H groups in total. The first-order valence-electron chi connectivity index (χ1n) is 9.13. The maximum Gasteiger partial charge on any atom is 0.239 e. The number of hydrogen-bond donors (Lipinski definition) is 1. The van der Waals surface area contributed by atoms with Crippen LogP contribution in [0.25, 0.3) is 0 Å². The minimum Gasteiger partial charge on any atom is -0.493 e. The molecule has 2 aliphatic heterocycles. The second-order valence-electron chi connectivity index (χ2n) is 7.04. The first-order chi connectivity index (χ1) is 13.1. The van der Waals surface area contributed by atoms with E-state index >= 15 is 0 Å². The van der Waals surface area contributed by atoms with Gasteiger partial charge in [0.25, 0.3) is 0 Å². The molecule has 138 valence electrons. The van der Waals surface area contributed by atoms with Crippen LogP contribution >= 0.6 is 0 Å². The van der Waals surface area contributed by atoms with E-state index in [1.54, 1.807) is 18.2 Å². The number of carbonyl (C=O) groups excluding carboxylic acids is 1. The van der Waals surface area contributed by atoms with Gasteiger partial charge in [-0.25, -0.2) is 9.40 Å². The van der Waals surface area contributed by atoms with E-state index in [0.29, 0.717) is 38.0 Å². The molecule has 2 atom stereocenters. The van der Waals surface area contributed by atoms with Gasteiger partial charge in [0, 0.05) is 29.6 Å². The number of hydrazone groups is 1. The summed E-state index contributed by atoms with van der Waals surface area (Å²) in [5, 5.41) is 6.12. The molecule has 2 aromatic rings. The van der Waals surface area contributed by atoms with Gasteiger partial charge in [0.1, 0.15) is 11.6 Å². The number of fused-ring (bicyclic) bond motifs is 2. The minimum atomic E-state index is -0.711. The molecule has 0 saturated heterocycles. The highest BCUT2D eigenvalue weighted by atomic mass is 19.1. The Morgan fingerprint density at radius 3 is 2.81 bits per heavy atom. The Labute approximate surface area is 158 Å². The number of rotatable bonds is 3. The van der Waals surface area contributed by atoms with Crippen molar-refractivity contribution in [1.29, 1.82) is 0 Å². The molecule has 1 unspecified atom stereocenters. The number of nitrogens with zero attached hydrogens (tertiary/aromatic N) is 2. The summed E-state index contributed by atoms with van der Waals surface area (Å²) in [5.41, 5.74) is 7.06. The number of amides is 1. The number of benzene rings is 2. The molecule has 2 aromatic carbocycles. The fourth-order valence-electron chi connectivity index (χ4n) is 4.32. The van der Waals surface area contributed by atoms with Gasteiger partial charge in [-0.3, -0.25) is 4.79 Å². The van der Waals surface area contributed by atoms with E-state index in [4.69, 9.17) is 10.5 Å². The van der Waals surface area contributed by atoms with Crippen LogP contribution < -0.4 is 10.5 Å². The van der Waals surface area contributed by atoms with Crippen molar-refractivity contribution in [2.75, 3.05) is 13.2 Å². The molecule has 0 saturated carbocycles. The van der Waals surface area contributed by atoms with Gasteiger partial charge in [0.2, 0.25) is 13.2 Å². The maximum absolute atomic E-state index is 14.4. The molecule has 0 fully saturated rings.